The van der Waals surface area contributed by atoms with Gasteiger partial charge in [-0.05, 0) is 0 Å². The van der Waals surface area contributed by atoms with Gasteiger partial charge >= 0.3 is 11.9 Å². The fraction of sp³-hybridized carbons (Fsp3) is 0.167. The van der Waals surface area contributed by atoms with E-state index < -0.39 is 11.9 Å². The standard InChI is InChI=1S/C6H5NO4S/c8-4(9)1-3-2-7-5(12-3)6(10)11/h2H,1H2,(H,8,9)(H,10,11). The van der Waals surface area contributed by atoms with Crippen LogP contribution in [0.15, 0.2) is 6.20 Å². The highest BCUT2D eigenvalue weighted by molar-refractivity contribution is 7.13. The number of rotatable bonds is 3. The summed E-state index contributed by atoms with van der Waals surface area (Å²) in [6, 6.07) is 0. The van der Waals surface area contributed by atoms with Crippen LogP contribution >= 0.6 is 11.3 Å². The van der Waals surface area contributed by atoms with Crippen molar-refractivity contribution in [2.75, 3.05) is 0 Å². The van der Waals surface area contributed by atoms with Crippen molar-refractivity contribution in [1.82, 2.24) is 4.98 Å². The van der Waals surface area contributed by atoms with Crippen LogP contribution in [0.5, 0.6) is 0 Å². The Balaban J connectivity index is 2.77. The van der Waals surface area contributed by atoms with Gasteiger partial charge in [0.05, 0.1) is 6.42 Å². The van der Waals surface area contributed by atoms with E-state index >= 15 is 0 Å². The highest BCUT2D eigenvalue weighted by atomic mass is 32.1. The van der Waals surface area contributed by atoms with Crippen LogP contribution in [0.3, 0.4) is 0 Å². The third-order valence-corrected chi connectivity index (χ3v) is 2.05. The van der Waals surface area contributed by atoms with Crippen molar-refractivity contribution in [2.45, 2.75) is 6.42 Å². The second-order valence-corrected chi connectivity index (χ2v) is 3.12. The molecule has 0 aliphatic heterocycles. The van der Waals surface area contributed by atoms with E-state index in [1.807, 2.05) is 0 Å². The number of carboxylic acids is 2. The molecule has 1 aromatic heterocycles. The molecule has 0 amide bonds. The highest BCUT2D eigenvalue weighted by Crippen LogP contribution is 2.12. The third kappa shape index (κ3) is 2.03. The lowest BCUT2D eigenvalue weighted by atomic mass is 10.4. The Kier molecular flexibility index (Phi) is 2.39. The maximum Gasteiger partial charge on any atom is 0.365 e. The van der Waals surface area contributed by atoms with Gasteiger partial charge in [0.1, 0.15) is 0 Å². The van der Waals surface area contributed by atoms with E-state index in [0.29, 0.717) is 4.88 Å². The molecule has 1 rings (SSSR count). The van der Waals surface area contributed by atoms with Gasteiger partial charge in [0.25, 0.3) is 0 Å². The number of hydrogen-bond donors (Lipinski definition) is 2. The largest absolute Gasteiger partial charge is 0.481 e. The molecule has 64 valence electrons. The summed E-state index contributed by atoms with van der Waals surface area (Å²) >= 11 is 0.878. The van der Waals surface area contributed by atoms with Crippen LogP contribution in [0.2, 0.25) is 0 Å². The zero-order valence-corrected chi connectivity index (χ0v) is 6.67. The van der Waals surface area contributed by atoms with E-state index in [1.165, 1.54) is 6.20 Å². The van der Waals surface area contributed by atoms with Gasteiger partial charge < -0.3 is 10.2 Å². The highest BCUT2D eigenvalue weighted by Gasteiger charge is 2.10. The summed E-state index contributed by atoms with van der Waals surface area (Å²) in [6.45, 7) is 0. The molecule has 5 nitrogen and oxygen atoms in total. The van der Waals surface area contributed by atoms with E-state index in [-0.39, 0.29) is 11.4 Å². The predicted octanol–water partition coefficient (Wildman–Crippen LogP) is 0.468. The first kappa shape index (κ1) is 8.66. The third-order valence-electron chi connectivity index (χ3n) is 1.06. The molecule has 1 heterocycles. The summed E-state index contributed by atoms with van der Waals surface area (Å²) in [4.78, 5) is 24.4. The quantitative estimate of drug-likeness (QED) is 0.718. The number of hydrogen-bond acceptors (Lipinski definition) is 4. The van der Waals surface area contributed by atoms with Crippen LogP contribution < -0.4 is 0 Å². The average Bonchev–Trinajstić information content (AvgIpc) is 2.34. The van der Waals surface area contributed by atoms with Gasteiger partial charge in [-0.2, -0.15) is 0 Å². The lowest BCUT2D eigenvalue weighted by Crippen LogP contribution is -1.97. The van der Waals surface area contributed by atoms with Crippen LogP contribution in [0.4, 0.5) is 0 Å². The summed E-state index contributed by atoms with van der Waals surface area (Å²) in [5, 5.41) is 16.7. The van der Waals surface area contributed by atoms with E-state index in [1.54, 1.807) is 0 Å². The number of carbonyl (C=O) groups is 2. The van der Waals surface area contributed by atoms with Gasteiger partial charge in [-0.3, -0.25) is 4.79 Å². The predicted molar refractivity (Wildman–Crippen MR) is 40.4 cm³/mol. The maximum absolute atomic E-state index is 10.3. The molecule has 0 aliphatic carbocycles. The molecule has 0 radical (unpaired) electrons. The van der Waals surface area contributed by atoms with Crippen molar-refractivity contribution in [3.05, 3.63) is 16.1 Å². The lowest BCUT2D eigenvalue weighted by molar-refractivity contribution is -0.136. The zero-order valence-electron chi connectivity index (χ0n) is 5.85. The van der Waals surface area contributed by atoms with Crippen molar-refractivity contribution >= 4 is 23.3 Å². The second kappa shape index (κ2) is 3.31. The molecular weight excluding hydrogens is 182 g/mol. The van der Waals surface area contributed by atoms with Crippen molar-refractivity contribution in [3.8, 4) is 0 Å². The van der Waals surface area contributed by atoms with E-state index in [0.717, 1.165) is 11.3 Å². The first-order valence-electron chi connectivity index (χ1n) is 2.99. The Morgan fingerprint density at radius 3 is 2.58 bits per heavy atom. The van der Waals surface area contributed by atoms with Gasteiger partial charge in [0, 0.05) is 11.1 Å². The molecule has 6 heteroatoms. The minimum absolute atomic E-state index is 0.0775. The number of carboxylic acid groups (broad SMARTS) is 2. The van der Waals surface area contributed by atoms with E-state index in [4.69, 9.17) is 10.2 Å². The summed E-state index contributed by atoms with van der Waals surface area (Å²) in [5.41, 5.74) is 0. The molecule has 0 spiro atoms. The zero-order chi connectivity index (χ0) is 9.14. The van der Waals surface area contributed by atoms with Crippen LogP contribution in [0.25, 0.3) is 0 Å². The first-order chi connectivity index (χ1) is 5.59. The lowest BCUT2D eigenvalue weighted by Gasteiger charge is -1.85. The number of aromatic nitrogens is 1. The van der Waals surface area contributed by atoms with E-state index in [9.17, 15) is 9.59 Å². The monoisotopic (exact) mass is 187 g/mol. The average molecular weight is 187 g/mol. The fourth-order valence-corrected chi connectivity index (χ4v) is 1.38. The topological polar surface area (TPSA) is 87.5 Å². The summed E-state index contributed by atoms with van der Waals surface area (Å²) in [6.07, 6.45) is 1.09. The molecule has 0 saturated carbocycles. The molecule has 0 fully saturated rings. The Morgan fingerprint density at radius 1 is 1.50 bits per heavy atom. The molecule has 0 aromatic carbocycles. The number of aliphatic carboxylic acids is 1. The smallest absolute Gasteiger partial charge is 0.365 e. The Morgan fingerprint density at radius 2 is 2.17 bits per heavy atom. The number of nitrogens with zero attached hydrogens (tertiary/aromatic N) is 1. The normalized spacial score (nSPS) is 9.67. The molecular formula is C6H5NO4S. The van der Waals surface area contributed by atoms with Crippen LogP contribution in [0, 0.1) is 0 Å². The minimum atomic E-state index is -1.13. The molecule has 2 N–H and O–H groups in total. The molecule has 0 bridgehead atoms. The first-order valence-corrected chi connectivity index (χ1v) is 3.81. The van der Waals surface area contributed by atoms with Gasteiger partial charge in [-0.15, -0.1) is 11.3 Å². The van der Waals surface area contributed by atoms with Crippen molar-refractivity contribution < 1.29 is 19.8 Å². The van der Waals surface area contributed by atoms with Crippen LogP contribution in [-0.2, 0) is 11.2 Å². The summed E-state index contributed by atoms with van der Waals surface area (Å²) < 4.78 is 0. The summed E-state index contributed by atoms with van der Waals surface area (Å²) in [5.74, 6) is -2.12. The van der Waals surface area contributed by atoms with Crippen molar-refractivity contribution in [1.29, 1.82) is 0 Å². The van der Waals surface area contributed by atoms with Gasteiger partial charge in [-0.1, -0.05) is 0 Å². The molecule has 0 aliphatic rings. The Hall–Kier alpha value is -1.43. The van der Waals surface area contributed by atoms with E-state index in [2.05, 4.69) is 4.98 Å². The second-order valence-electron chi connectivity index (χ2n) is 2.01. The summed E-state index contributed by atoms with van der Waals surface area (Å²) in [7, 11) is 0. The van der Waals surface area contributed by atoms with Crippen LogP contribution in [0.1, 0.15) is 14.7 Å². The molecule has 12 heavy (non-hydrogen) atoms. The van der Waals surface area contributed by atoms with Gasteiger partial charge in [0.15, 0.2) is 0 Å². The molecule has 0 unspecified atom stereocenters. The maximum atomic E-state index is 10.3. The van der Waals surface area contributed by atoms with Crippen LogP contribution in [-0.4, -0.2) is 27.1 Å². The number of aromatic carboxylic acids is 1. The Bertz CT molecular complexity index is 319. The van der Waals surface area contributed by atoms with Gasteiger partial charge in [0.2, 0.25) is 5.01 Å². The van der Waals surface area contributed by atoms with Gasteiger partial charge in [-0.25, -0.2) is 9.78 Å². The fourth-order valence-electron chi connectivity index (χ4n) is 0.637. The molecule has 0 saturated heterocycles. The minimum Gasteiger partial charge on any atom is -0.481 e. The molecule has 0 atom stereocenters. The number of thiazole rings is 1. The van der Waals surface area contributed by atoms with Crippen molar-refractivity contribution in [3.63, 3.8) is 0 Å². The SMILES string of the molecule is O=C(O)Cc1cnc(C(=O)O)s1. The molecule has 1 aromatic rings. The Labute approximate surface area is 71.3 Å². The van der Waals surface area contributed by atoms with Crippen molar-refractivity contribution in [2.24, 2.45) is 0 Å².